The lowest BCUT2D eigenvalue weighted by molar-refractivity contribution is 0.0256. The lowest BCUT2D eigenvalue weighted by Gasteiger charge is -2.14. The number of aliphatic hydroxyl groups is 1. The number of hydrogen-bond acceptors (Lipinski definition) is 5. The summed E-state index contributed by atoms with van der Waals surface area (Å²) in [5.41, 5.74) is 6.53. The Morgan fingerprint density at radius 1 is 1.39 bits per heavy atom. The zero-order valence-corrected chi connectivity index (χ0v) is 10.7. The van der Waals surface area contributed by atoms with Crippen molar-refractivity contribution in [2.75, 3.05) is 18.9 Å². The highest BCUT2D eigenvalue weighted by molar-refractivity contribution is 5.89. The molecule has 0 spiro atoms. The second-order valence-electron chi connectivity index (χ2n) is 4.44. The van der Waals surface area contributed by atoms with Crippen molar-refractivity contribution in [1.29, 1.82) is 0 Å². The number of nitrogen functional groups attached to an aromatic ring is 1. The number of esters is 1. The van der Waals surface area contributed by atoms with Gasteiger partial charge >= 0.3 is 5.97 Å². The molecule has 1 aromatic carbocycles. The molecule has 0 saturated heterocycles. The average Bonchev–Trinajstić information content (AvgIpc) is 2.34. The van der Waals surface area contributed by atoms with Crippen LogP contribution >= 0.6 is 0 Å². The van der Waals surface area contributed by atoms with Crippen molar-refractivity contribution >= 4 is 11.7 Å². The van der Waals surface area contributed by atoms with Crippen LogP contribution in [0.2, 0.25) is 0 Å². The summed E-state index contributed by atoms with van der Waals surface area (Å²) < 4.78 is 4.99. The van der Waals surface area contributed by atoms with Crippen molar-refractivity contribution in [2.24, 2.45) is 0 Å². The molecule has 5 nitrogen and oxygen atoms in total. The molecule has 1 aromatic rings. The molecule has 0 aliphatic rings. The molecule has 18 heavy (non-hydrogen) atoms. The molecule has 0 bridgehead atoms. The van der Waals surface area contributed by atoms with Gasteiger partial charge in [-0.3, -0.25) is 0 Å². The van der Waals surface area contributed by atoms with Gasteiger partial charge in [-0.25, -0.2) is 4.79 Å². The van der Waals surface area contributed by atoms with Crippen LogP contribution in [0.25, 0.3) is 0 Å². The lowest BCUT2D eigenvalue weighted by atomic mass is 10.2. The van der Waals surface area contributed by atoms with Crippen LogP contribution in [0, 0.1) is 0 Å². The Morgan fingerprint density at radius 3 is 2.56 bits per heavy atom. The predicted molar refractivity (Wildman–Crippen MR) is 70.3 cm³/mol. The van der Waals surface area contributed by atoms with Crippen LogP contribution < -0.4 is 11.1 Å². The monoisotopic (exact) mass is 252 g/mol. The van der Waals surface area contributed by atoms with E-state index in [1.165, 1.54) is 0 Å². The van der Waals surface area contributed by atoms with Gasteiger partial charge in [-0.05, 0) is 24.3 Å². The SMILES string of the molecule is CC(C)NC[C@@H](O)COC(=O)c1ccc(N)cc1. The summed E-state index contributed by atoms with van der Waals surface area (Å²) >= 11 is 0. The second kappa shape index (κ2) is 6.98. The lowest BCUT2D eigenvalue weighted by Crippen LogP contribution is -2.35. The van der Waals surface area contributed by atoms with Crippen LogP contribution in [0.4, 0.5) is 5.69 Å². The van der Waals surface area contributed by atoms with Crippen molar-refractivity contribution in [2.45, 2.75) is 26.0 Å². The van der Waals surface area contributed by atoms with Gasteiger partial charge in [0.1, 0.15) is 12.7 Å². The third-order valence-corrected chi connectivity index (χ3v) is 2.31. The molecule has 0 aliphatic heterocycles. The van der Waals surface area contributed by atoms with Gasteiger partial charge in [-0.2, -0.15) is 0 Å². The Balaban J connectivity index is 2.34. The molecule has 0 heterocycles. The van der Waals surface area contributed by atoms with Crippen molar-refractivity contribution < 1.29 is 14.6 Å². The van der Waals surface area contributed by atoms with Gasteiger partial charge < -0.3 is 20.9 Å². The summed E-state index contributed by atoms with van der Waals surface area (Å²) in [5.74, 6) is -0.460. The first-order valence-electron chi connectivity index (χ1n) is 5.93. The summed E-state index contributed by atoms with van der Waals surface area (Å²) in [6, 6.07) is 6.74. The van der Waals surface area contributed by atoms with Gasteiger partial charge in [0.25, 0.3) is 0 Å². The molecular weight excluding hydrogens is 232 g/mol. The number of benzene rings is 1. The number of carbonyl (C=O) groups is 1. The highest BCUT2D eigenvalue weighted by atomic mass is 16.5. The molecule has 0 aliphatic carbocycles. The summed E-state index contributed by atoms with van der Waals surface area (Å²) in [5, 5.41) is 12.6. The maximum atomic E-state index is 11.6. The van der Waals surface area contributed by atoms with E-state index in [-0.39, 0.29) is 12.6 Å². The van der Waals surface area contributed by atoms with Gasteiger partial charge in [0.2, 0.25) is 0 Å². The standard InChI is InChI=1S/C13H20N2O3/c1-9(2)15-7-12(16)8-18-13(17)10-3-5-11(14)6-4-10/h3-6,9,12,15-16H,7-8,14H2,1-2H3/t12-/m1/s1. The van der Waals surface area contributed by atoms with E-state index >= 15 is 0 Å². The minimum atomic E-state index is -0.704. The van der Waals surface area contributed by atoms with Gasteiger partial charge in [0.05, 0.1) is 5.56 Å². The summed E-state index contributed by atoms with van der Waals surface area (Å²) in [6.45, 7) is 4.33. The van der Waals surface area contributed by atoms with Crippen LogP contribution in [0.15, 0.2) is 24.3 Å². The molecule has 0 amide bonds. The number of nitrogens with two attached hydrogens (primary N) is 1. The predicted octanol–water partition coefficient (Wildman–Crippen LogP) is 0.784. The largest absolute Gasteiger partial charge is 0.459 e. The third kappa shape index (κ3) is 5.16. The van der Waals surface area contributed by atoms with Crippen LogP contribution in [-0.4, -0.2) is 36.4 Å². The van der Waals surface area contributed by atoms with E-state index in [4.69, 9.17) is 10.5 Å². The van der Waals surface area contributed by atoms with Gasteiger partial charge in [-0.15, -0.1) is 0 Å². The summed E-state index contributed by atoms with van der Waals surface area (Å²) in [4.78, 5) is 11.6. The fourth-order valence-electron chi connectivity index (χ4n) is 1.31. The maximum Gasteiger partial charge on any atom is 0.338 e. The van der Waals surface area contributed by atoms with E-state index in [0.717, 1.165) is 0 Å². The topological polar surface area (TPSA) is 84.6 Å². The van der Waals surface area contributed by atoms with Crippen molar-refractivity contribution in [1.82, 2.24) is 5.32 Å². The van der Waals surface area contributed by atoms with Gasteiger partial charge in [-0.1, -0.05) is 13.8 Å². The third-order valence-electron chi connectivity index (χ3n) is 2.31. The molecule has 100 valence electrons. The second-order valence-corrected chi connectivity index (χ2v) is 4.44. The molecule has 0 fully saturated rings. The van der Waals surface area contributed by atoms with Gasteiger partial charge in [0.15, 0.2) is 0 Å². The Morgan fingerprint density at radius 2 is 2.00 bits per heavy atom. The van der Waals surface area contributed by atoms with E-state index in [1.807, 2.05) is 13.8 Å². The number of aliphatic hydroxyl groups excluding tert-OH is 1. The summed E-state index contributed by atoms with van der Waals surface area (Å²) in [7, 11) is 0. The number of rotatable bonds is 6. The number of anilines is 1. The smallest absolute Gasteiger partial charge is 0.338 e. The average molecular weight is 252 g/mol. The molecule has 4 N–H and O–H groups in total. The number of ether oxygens (including phenoxy) is 1. The van der Waals surface area contributed by atoms with Gasteiger partial charge in [0, 0.05) is 18.3 Å². The molecule has 0 radical (unpaired) electrons. The zero-order chi connectivity index (χ0) is 13.5. The normalized spacial score (nSPS) is 12.4. The number of hydrogen-bond donors (Lipinski definition) is 3. The quantitative estimate of drug-likeness (QED) is 0.515. The van der Waals surface area contributed by atoms with Crippen LogP contribution in [0.5, 0.6) is 0 Å². The zero-order valence-electron chi connectivity index (χ0n) is 10.7. The van der Waals surface area contributed by atoms with Crippen LogP contribution in [0.3, 0.4) is 0 Å². The molecule has 5 heteroatoms. The maximum absolute atomic E-state index is 11.6. The van der Waals surface area contributed by atoms with Crippen molar-refractivity contribution in [3.8, 4) is 0 Å². The first-order chi connectivity index (χ1) is 8.49. The van der Waals surface area contributed by atoms with E-state index in [2.05, 4.69) is 5.32 Å². The molecule has 0 unspecified atom stereocenters. The summed E-state index contributed by atoms with van der Waals surface area (Å²) in [6.07, 6.45) is -0.704. The Hall–Kier alpha value is -1.59. The van der Waals surface area contributed by atoms with Crippen LogP contribution in [0.1, 0.15) is 24.2 Å². The minimum absolute atomic E-state index is 0.0249. The first kappa shape index (κ1) is 14.5. The number of carbonyl (C=O) groups excluding carboxylic acids is 1. The fraction of sp³-hybridized carbons (Fsp3) is 0.462. The Kier molecular flexibility index (Phi) is 5.61. The minimum Gasteiger partial charge on any atom is -0.459 e. The highest BCUT2D eigenvalue weighted by Crippen LogP contribution is 2.06. The van der Waals surface area contributed by atoms with E-state index in [0.29, 0.717) is 17.8 Å². The molecule has 1 atom stereocenters. The Bertz CT molecular complexity index is 376. The van der Waals surface area contributed by atoms with E-state index < -0.39 is 12.1 Å². The fourth-order valence-corrected chi connectivity index (χ4v) is 1.31. The van der Waals surface area contributed by atoms with Crippen molar-refractivity contribution in [3.05, 3.63) is 29.8 Å². The van der Waals surface area contributed by atoms with Crippen LogP contribution in [-0.2, 0) is 4.74 Å². The number of nitrogens with one attached hydrogen (secondary N) is 1. The van der Waals surface area contributed by atoms with E-state index in [1.54, 1.807) is 24.3 Å². The molecule has 1 rings (SSSR count). The van der Waals surface area contributed by atoms with Crippen molar-refractivity contribution in [3.63, 3.8) is 0 Å². The Labute approximate surface area is 107 Å². The highest BCUT2D eigenvalue weighted by Gasteiger charge is 2.11. The first-order valence-corrected chi connectivity index (χ1v) is 5.93. The molecule has 0 saturated carbocycles. The molecular formula is C13H20N2O3. The molecule has 0 aromatic heterocycles. The van der Waals surface area contributed by atoms with E-state index in [9.17, 15) is 9.90 Å².